The number of aryl methyl sites for hydroxylation is 3. The number of hydrogen-bond acceptors (Lipinski definition) is 1. The number of rotatable bonds is 3. The molecule has 0 heterocycles. The van der Waals surface area contributed by atoms with Gasteiger partial charge in [-0.1, -0.05) is 24.6 Å². The first-order chi connectivity index (χ1) is 6.91. The third-order valence-electron chi connectivity index (χ3n) is 2.74. The summed E-state index contributed by atoms with van der Waals surface area (Å²) in [6.07, 6.45) is 0.421. The zero-order valence-electron chi connectivity index (χ0n) is 9.92. The third kappa shape index (κ3) is 2.82. The first kappa shape index (κ1) is 11.8. The highest BCUT2D eigenvalue weighted by Gasteiger charge is 2.13. The molecule has 1 amide bonds. The van der Waals surface area contributed by atoms with Gasteiger partial charge >= 0.3 is 0 Å². The van der Waals surface area contributed by atoms with Crippen molar-refractivity contribution in [2.45, 2.75) is 40.0 Å². The third-order valence-corrected chi connectivity index (χ3v) is 2.74. The fourth-order valence-electron chi connectivity index (χ4n) is 2.37. The van der Waals surface area contributed by atoms with Crippen LogP contribution >= 0.6 is 0 Å². The van der Waals surface area contributed by atoms with Gasteiger partial charge in [-0.2, -0.15) is 0 Å². The summed E-state index contributed by atoms with van der Waals surface area (Å²) in [6.45, 7) is 8.32. The molecule has 1 atom stereocenters. The van der Waals surface area contributed by atoms with E-state index in [1.54, 1.807) is 0 Å². The van der Waals surface area contributed by atoms with E-state index in [1.165, 1.54) is 22.3 Å². The quantitative estimate of drug-likeness (QED) is 0.809. The molecule has 2 nitrogen and oxygen atoms in total. The van der Waals surface area contributed by atoms with Crippen LogP contribution in [0.3, 0.4) is 0 Å². The highest BCUT2D eigenvalue weighted by atomic mass is 16.1. The Kier molecular flexibility index (Phi) is 3.51. The van der Waals surface area contributed by atoms with E-state index >= 15 is 0 Å². The number of hydrogen-bond donors (Lipinski definition) is 1. The van der Waals surface area contributed by atoms with E-state index in [2.05, 4.69) is 39.8 Å². The predicted octanol–water partition coefficient (Wildman–Crippen LogP) is 2.59. The lowest BCUT2D eigenvalue weighted by Crippen LogP contribution is -2.15. The van der Waals surface area contributed by atoms with E-state index in [0.29, 0.717) is 6.42 Å². The predicted molar refractivity (Wildman–Crippen MR) is 62.9 cm³/mol. The van der Waals surface area contributed by atoms with Crippen LogP contribution in [0.25, 0.3) is 0 Å². The fraction of sp³-hybridized carbons (Fsp3) is 0.462. The molecule has 0 aromatic heterocycles. The molecule has 1 unspecified atom stereocenters. The van der Waals surface area contributed by atoms with Gasteiger partial charge in [0.25, 0.3) is 0 Å². The summed E-state index contributed by atoms with van der Waals surface area (Å²) in [4.78, 5) is 10.9. The Bertz CT molecular complexity index is 359. The second-order valence-corrected chi connectivity index (χ2v) is 4.38. The standard InChI is InChI=1S/C13H19NO/c1-8-5-9(2)13(10(3)6-8)11(4)7-12(14)15/h5-6,11H,7H2,1-4H3,(H2,14,15). The highest BCUT2D eigenvalue weighted by molar-refractivity contribution is 5.74. The normalized spacial score (nSPS) is 12.5. The molecule has 1 aromatic carbocycles. The van der Waals surface area contributed by atoms with E-state index < -0.39 is 0 Å². The van der Waals surface area contributed by atoms with Crippen LogP contribution in [0.1, 0.15) is 41.5 Å². The number of primary amides is 1. The van der Waals surface area contributed by atoms with Crippen molar-refractivity contribution in [1.82, 2.24) is 0 Å². The summed E-state index contributed by atoms with van der Waals surface area (Å²) >= 11 is 0. The average Bonchev–Trinajstić information content (AvgIpc) is 1.99. The minimum atomic E-state index is -0.234. The number of carbonyl (C=O) groups is 1. The van der Waals surface area contributed by atoms with E-state index in [0.717, 1.165) is 0 Å². The molecule has 0 bridgehead atoms. The largest absolute Gasteiger partial charge is 0.370 e. The van der Waals surface area contributed by atoms with Crippen molar-refractivity contribution < 1.29 is 4.79 Å². The van der Waals surface area contributed by atoms with Crippen molar-refractivity contribution in [3.63, 3.8) is 0 Å². The zero-order chi connectivity index (χ0) is 11.6. The lowest BCUT2D eigenvalue weighted by molar-refractivity contribution is -0.118. The molecule has 0 aliphatic heterocycles. The van der Waals surface area contributed by atoms with Crippen LogP contribution in [-0.2, 0) is 4.79 Å². The first-order valence-electron chi connectivity index (χ1n) is 5.28. The summed E-state index contributed by atoms with van der Waals surface area (Å²) in [5, 5.41) is 0. The molecule has 2 N–H and O–H groups in total. The Hall–Kier alpha value is -1.31. The minimum Gasteiger partial charge on any atom is -0.370 e. The van der Waals surface area contributed by atoms with Crippen LogP contribution in [-0.4, -0.2) is 5.91 Å². The van der Waals surface area contributed by atoms with Gasteiger partial charge in [0, 0.05) is 6.42 Å². The Morgan fingerprint density at radius 3 is 2.13 bits per heavy atom. The van der Waals surface area contributed by atoms with Gasteiger partial charge in [-0.3, -0.25) is 4.79 Å². The summed E-state index contributed by atoms with van der Waals surface area (Å²) in [5.74, 6) is -0.0232. The molecule has 0 spiro atoms. The number of amides is 1. The molecule has 0 radical (unpaired) electrons. The molecule has 15 heavy (non-hydrogen) atoms. The lowest BCUT2D eigenvalue weighted by atomic mass is 9.88. The van der Waals surface area contributed by atoms with Gasteiger partial charge < -0.3 is 5.73 Å². The summed E-state index contributed by atoms with van der Waals surface area (Å²) in [7, 11) is 0. The molecule has 0 aliphatic carbocycles. The lowest BCUT2D eigenvalue weighted by Gasteiger charge is -2.17. The van der Waals surface area contributed by atoms with Gasteiger partial charge in [0.15, 0.2) is 0 Å². The van der Waals surface area contributed by atoms with Crippen LogP contribution in [0.15, 0.2) is 12.1 Å². The second-order valence-electron chi connectivity index (χ2n) is 4.38. The van der Waals surface area contributed by atoms with E-state index in [4.69, 9.17) is 5.73 Å². The number of nitrogens with two attached hydrogens (primary N) is 1. The fourth-order valence-corrected chi connectivity index (χ4v) is 2.37. The van der Waals surface area contributed by atoms with Crippen LogP contribution in [0, 0.1) is 20.8 Å². The van der Waals surface area contributed by atoms with Crippen molar-refractivity contribution in [2.75, 3.05) is 0 Å². The SMILES string of the molecule is Cc1cc(C)c(C(C)CC(N)=O)c(C)c1. The van der Waals surface area contributed by atoms with Crippen LogP contribution in [0.2, 0.25) is 0 Å². The summed E-state index contributed by atoms with van der Waals surface area (Å²) < 4.78 is 0. The molecule has 1 rings (SSSR count). The van der Waals surface area contributed by atoms with Crippen LogP contribution in [0.5, 0.6) is 0 Å². The van der Waals surface area contributed by atoms with Gasteiger partial charge in [0.2, 0.25) is 5.91 Å². The zero-order valence-corrected chi connectivity index (χ0v) is 9.92. The maximum atomic E-state index is 10.9. The van der Waals surface area contributed by atoms with Crippen LogP contribution in [0.4, 0.5) is 0 Å². The topological polar surface area (TPSA) is 43.1 Å². The molecule has 2 heteroatoms. The molecule has 0 aliphatic rings. The van der Waals surface area contributed by atoms with Gasteiger partial charge in [0.1, 0.15) is 0 Å². The van der Waals surface area contributed by atoms with Gasteiger partial charge in [0.05, 0.1) is 0 Å². The first-order valence-corrected chi connectivity index (χ1v) is 5.28. The summed E-state index contributed by atoms with van der Waals surface area (Å²) in [5.41, 5.74) is 10.3. The Balaban J connectivity index is 3.08. The average molecular weight is 205 g/mol. The summed E-state index contributed by atoms with van der Waals surface area (Å²) in [6, 6.07) is 4.31. The molecular formula is C13H19NO. The van der Waals surface area contributed by atoms with E-state index in [1.807, 2.05) is 0 Å². The maximum absolute atomic E-state index is 10.9. The Morgan fingerprint density at radius 2 is 1.73 bits per heavy atom. The molecule has 0 fully saturated rings. The van der Waals surface area contributed by atoms with Crippen LogP contribution < -0.4 is 5.73 Å². The molecule has 0 saturated carbocycles. The molecule has 0 saturated heterocycles. The molecule has 1 aromatic rings. The number of benzene rings is 1. The monoisotopic (exact) mass is 205 g/mol. The highest BCUT2D eigenvalue weighted by Crippen LogP contribution is 2.26. The smallest absolute Gasteiger partial charge is 0.218 e. The van der Waals surface area contributed by atoms with Crippen molar-refractivity contribution >= 4 is 5.91 Å². The van der Waals surface area contributed by atoms with Gasteiger partial charge in [-0.05, 0) is 43.4 Å². The second kappa shape index (κ2) is 4.47. The molecular weight excluding hydrogens is 186 g/mol. The van der Waals surface area contributed by atoms with E-state index in [9.17, 15) is 4.79 Å². The maximum Gasteiger partial charge on any atom is 0.218 e. The van der Waals surface area contributed by atoms with Gasteiger partial charge in [-0.15, -0.1) is 0 Å². The Labute approximate surface area is 91.5 Å². The van der Waals surface area contributed by atoms with Crippen molar-refractivity contribution in [3.8, 4) is 0 Å². The number of carbonyl (C=O) groups excluding carboxylic acids is 1. The van der Waals surface area contributed by atoms with Gasteiger partial charge in [-0.25, -0.2) is 0 Å². The van der Waals surface area contributed by atoms with E-state index in [-0.39, 0.29) is 11.8 Å². The molecule has 82 valence electrons. The Morgan fingerprint density at radius 1 is 1.27 bits per heavy atom. The van der Waals surface area contributed by atoms with Crippen molar-refractivity contribution in [3.05, 3.63) is 34.4 Å². The van der Waals surface area contributed by atoms with Crippen molar-refractivity contribution in [1.29, 1.82) is 0 Å². The minimum absolute atomic E-state index is 0.211. The van der Waals surface area contributed by atoms with Crippen molar-refractivity contribution in [2.24, 2.45) is 5.73 Å².